The summed E-state index contributed by atoms with van der Waals surface area (Å²) in [5, 5.41) is 2.43. The number of hydrogen-bond donors (Lipinski definition) is 0. The van der Waals surface area contributed by atoms with Crippen LogP contribution in [-0.4, -0.2) is 18.6 Å². The smallest absolute Gasteiger partial charge is 0.184 e. The van der Waals surface area contributed by atoms with Crippen LogP contribution in [0.1, 0.15) is 11.9 Å². The lowest BCUT2D eigenvalue weighted by atomic mass is 10.1. The highest BCUT2D eigenvalue weighted by Crippen LogP contribution is 2.29. The molecule has 0 amide bonds. The van der Waals surface area contributed by atoms with Crippen LogP contribution in [0.15, 0.2) is 42.5 Å². The minimum Gasteiger partial charge on any atom is -0.346 e. The molecule has 2 unspecified atom stereocenters. The predicted molar refractivity (Wildman–Crippen MR) is 68.2 cm³/mol. The third-order valence-electron chi connectivity index (χ3n) is 2.97. The molecule has 88 valence electrons. The lowest BCUT2D eigenvalue weighted by Gasteiger charge is -2.11. The third kappa shape index (κ3) is 2.16. The molecule has 0 spiro atoms. The number of fused-ring (bicyclic) bond motifs is 1. The average molecular weight is 249 g/mol. The van der Waals surface area contributed by atoms with Crippen molar-refractivity contribution in [2.75, 3.05) is 12.5 Å². The van der Waals surface area contributed by atoms with Gasteiger partial charge in [0.1, 0.15) is 0 Å². The molecule has 2 aromatic rings. The standard InChI is InChI=1S/C14H13ClO2/c15-8-13-9-16-14(17-13)12-6-5-10-3-1-2-4-11(10)7-12/h1-7,13-14H,8-9H2. The van der Waals surface area contributed by atoms with Crippen LogP contribution in [0.5, 0.6) is 0 Å². The second-order valence-electron chi connectivity index (χ2n) is 4.18. The van der Waals surface area contributed by atoms with Crippen LogP contribution in [0.2, 0.25) is 0 Å². The number of ether oxygens (including phenoxy) is 2. The molecule has 1 fully saturated rings. The van der Waals surface area contributed by atoms with Gasteiger partial charge in [-0.25, -0.2) is 0 Å². The third-order valence-corrected chi connectivity index (χ3v) is 3.31. The maximum Gasteiger partial charge on any atom is 0.184 e. The summed E-state index contributed by atoms with van der Waals surface area (Å²) in [6.45, 7) is 0.570. The molecule has 0 radical (unpaired) electrons. The molecule has 0 aliphatic carbocycles. The van der Waals surface area contributed by atoms with Crippen molar-refractivity contribution >= 4 is 22.4 Å². The fourth-order valence-corrected chi connectivity index (χ4v) is 2.22. The molecule has 2 aromatic carbocycles. The van der Waals surface area contributed by atoms with Crippen LogP contribution in [0.3, 0.4) is 0 Å². The SMILES string of the molecule is ClCC1COC(c2ccc3ccccc3c2)O1. The van der Waals surface area contributed by atoms with E-state index in [0.29, 0.717) is 12.5 Å². The fourth-order valence-electron chi connectivity index (χ4n) is 2.06. The first kappa shape index (κ1) is 11.0. The van der Waals surface area contributed by atoms with E-state index in [4.69, 9.17) is 21.1 Å². The Morgan fingerprint density at radius 2 is 1.94 bits per heavy atom. The molecular formula is C14H13ClO2. The first-order chi connectivity index (χ1) is 8.36. The highest BCUT2D eigenvalue weighted by Gasteiger charge is 2.26. The van der Waals surface area contributed by atoms with Gasteiger partial charge in [0.05, 0.1) is 18.6 Å². The van der Waals surface area contributed by atoms with Crippen LogP contribution in [0.25, 0.3) is 10.8 Å². The van der Waals surface area contributed by atoms with Gasteiger partial charge in [0.25, 0.3) is 0 Å². The van der Waals surface area contributed by atoms with Gasteiger partial charge in [0, 0.05) is 5.56 Å². The lowest BCUT2D eigenvalue weighted by Crippen LogP contribution is -2.10. The summed E-state index contributed by atoms with van der Waals surface area (Å²) in [5.74, 6) is 0.476. The van der Waals surface area contributed by atoms with Crippen LogP contribution in [0, 0.1) is 0 Å². The lowest BCUT2D eigenvalue weighted by molar-refractivity contribution is -0.0566. The molecule has 1 heterocycles. The summed E-state index contributed by atoms with van der Waals surface area (Å²) in [4.78, 5) is 0. The van der Waals surface area contributed by atoms with E-state index >= 15 is 0 Å². The van der Waals surface area contributed by atoms with E-state index in [-0.39, 0.29) is 12.4 Å². The highest BCUT2D eigenvalue weighted by molar-refractivity contribution is 6.18. The Kier molecular flexibility index (Phi) is 3.02. The van der Waals surface area contributed by atoms with Gasteiger partial charge in [-0.05, 0) is 16.8 Å². The fraction of sp³-hybridized carbons (Fsp3) is 0.286. The monoisotopic (exact) mass is 248 g/mol. The Balaban J connectivity index is 1.91. The van der Waals surface area contributed by atoms with Gasteiger partial charge < -0.3 is 9.47 Å². The Bertz CT molecular complexity index is 526. The van der Waals surface area contributed by atoms with Crippen molar-refractivity contribution in [2.24, 2.45) is 0 Å². The van der Waals surface area contributed by atoms with Crippen molar-refractivity contribution in [1.29, 1.82) is 0 Å². The van der Waals surface area contributed by atoms with Crippen molar-refractivity contribution in [1.82, 2.24) is 0 Å². The second kappa shape index (κ2) is 4.65. The Morgan fingerprint density at radius 1 is 1.12 bits per heavy atom. The molecule has 0 saturated carbocycles. The van der Waals surface area contributed by atoms with Gasteiger partial charge >= 0.3 is 0 Å². The van der Waals surface area contributed by atoms with Crippen molar-refractivity contribution in [2.45, 2.75) is 12.4 Å². The molecule has 0 bridgehead atoms. The maximum absolute atomic E-state index is 5.75. The minimum atomic E-state index is -0.275. The molecule has 1 aliphatic heterocycles. The molecule has 1 aliphatic rings. The molecule has 2 nitrogen and oxygen atoms in total. The summed E-state index contributed by atoms with van der Waals surface area (Å²) >= 11 is 5.75. The van der Waals surface area contributed by atoms with Crippen LogP contribution in [-0.2, 0) is 9.47 Å². The van der Waals surface area contributed by atoms with Crippen molar-refractivity contribution < 1.29 is 9.47 Å². The van der Waals surface area contributed by atoms with Gasteiger partial charge in [-0.1, -0.05) is 36.4 Å². The topological polar surface area (TPSA) is 18.5 Å². The quantitative estimate of drug-likeness (QED) is 0.758. The number of hydrogen-bond acceptors (Lipinski definition) is 2. The molecule has 0 N–H and O–H groups in total. The molecule has 2 atom stereocenters. The molecule has 17 heavy (non-hydrogen) atoms. The zero-order chi connectivity index (χ0) is 11.7. The van der Waals surface area contributed by atoms with E-state index in [1.165, 1.54) is 10.8 Å². The summed E-state index contributed by atoms with van der Waals surface area (Å²) < 4.78 is 11.3. The highest BCUT2D eigenvalue weighted by atomic mass is 35.5. The zero-order valence-electron chi connectivity index (χ0n) is 9.30. The summed E-state index contributed by atoms with van der Waals surface area (Å²) in [5.41, 5.74) is 1.05. The first-order valence-electron chi connectivity index (χ1n) is 5.68. The van der Waals surface area contributed by atoms with E-state index in [1.54, 1.807) is 0 Å². The number of benzene rings is 2. The summed E-state index contributed by atoms with van der Waals surface area (Å²) in [6.07, 6.45) is -0.267. The van der Waals surface area contributed by atoms with E-state index in [1.807, 2.05) is 18.2 Å². The van der Waals surface area contributed by atoms with Crippen molar-refractivity contribution in [3.63, 3.8) is 0 Å². The molecule has 3 heteroatoms. The van der Waals surface area contributed by atoms with Gasteiger partial charge in [0.2, 0.25) is 0 Å². The molecular weight excluding hydrogens is 236 g/mol. The average Bonchev–Trinajstić information content (AvgIpc) is 2.87. The molecule has 1 saturated heterocycles. The Hall–Kier alpha value is -1.09. The largest absolute Gasteiger partial charge is 0.346 e. The molecule has 0 aromatic heterocycles. The van der Waals surface area contributed by atoms with E-state index in [2.05, 4.69) is 24.3 Å². The summed E-state index contributed by atoms with van der Waals surface area (Å²) in [7, 11) is 0. The van der Waals surface area contributed by atoms with Crippen LogP contribution >= 0.6 is 11.6 Å². The van der Waals surface area contributed by atoms with Gasteiger partial charge in [0.15, 0.2) is 6.29 Å². The summed E-state index contributed by atoms with van der Waals surface area (Å²) in [6, 6.07) is 14.5. The van der Waals surface area contributed by atoms with Crippen molar-refractivity contribution in [3.05, 3.63) is 48.0 Å². The van der Waals surface area contributed by atoms with E-state index in [9.17, 15) is 0 Å². The number of alkyl halides is 1. The van der Waals surface area contributed by atoms with E-state index < -0.39 is 0 Å². The van der Waals surface area contributed by atoms with Gasteiger partial charge in [-0.2, -0.15) is 0 Å². The van der Waals surface area contributed by atoms with Crippen LogP contribution < -0.4 is 0 Å². The van der Waals surface area contributed by atoms with Gasteiger partial charge in [-0.15, -0.1) is 11.6 Å². The van der Waals surface area contributed by atoms with Crippen molar-refractivity contribution in [3.8, 4) is 0 Å². The maximum atomic E-state index is 5.75. The molecule has 3 rings (SSSR count). The normalized spacial score (nSPS) is 24.3. The first-order valence-corrected chi connectivity index (χ1v) is 6.22. The van der Waals surface area contributed by atoms with Gasteiger partial charge in [-0.3, -0.25) is 0 Å². The minimum absolute atomic E-state index is 0.00753. The Labute approximate surface area is 105 Å². The number of rotatable bonds is 2. The van der Waals surface area contributed by atoms with E-state index in [0.717, 1.165) is 5.56 Å². The second-order valence-corrected chi connectivity index (χ2v) is 4.49. The zero-order valence-corrected chi connectivity index (χ0v) is 10.1. The number of halogens is 1. The predicted octanol–water partition coefficient (Wildman–Crippen LogP) is 3.49. The Morgan fingerprint density at radius 3 is 2.71 bits per heavy atom. The van der Waals surface area contributed by atoms with Crippen LogP contribution in [0.4, 0.5) is 0 Å².